The summed E-state index contributed by atoms with van der Waals surface area (Å²) >= 11 is 1.03. The molecule has 32 heavy (non-hydrogen) atoms. The second-order valence-corrected chi connectivity index (χ2v) is 12.0. The SMILES string of the molecule is Cc1cc2c(cc1C1(c3ccc(Cn4c(O)csc4=O)cc3)CC1)C(C)(C)CCC2(C)C. The molecule has 4 heteroatoms. The molecule has 168 valence electrons. The molecule has 5 rings (SSSR count). The van der Waals surface area contributed by atoms with Gasteiger partial charge < -0.3 is 5.11 Å². The zero-order valence-corrected chi connectivity index (χ0v) is 20.6. The second kappa shape index (κ2) is 7.08. The Hall–Kier alpha value is -2.33. The van der Waals surface area contributed by atoms with Gasteiger partial charge in [-0.25, -0.2) is 0 Å². The van der Waals surface area contributed by atoms with Crippen LogP contribution in [0.1, 0.15) is 86.8 Å². The van der Waals surface area contributed by atoms with Crippen molar-refractivity contribution in [1.82, 2.24) is 4.57 Å². The van der Waals surface area contributed by atoms with Crippen LogP contribution in [-0.2, 0) is 22.8 Å². The minimum absolute atomic E-state index is 0.0398. The Morgan fingerprint density at radius 3 is 2.03 bits per heavy atom. The van der Waals surface area contributed by atoms with Gasteiger partial charge in [0.15, 0.2) is 0 Å². The average molecular weight is 448 g/mol. The van der Waals surface area contributed by atoms with Crippen molar-refractivity contribution >= 4 is 11.3 Å². The summed E-state index contributed by atoms with van der Waals surface area (Å²) in [5, 5.41) is 11.4. The molecule has 3 nitrogen and oxygen atoms in total. The first kappa shape index (κ1) is 21.5. The number of nitrogens with zero attached hydrogens (tertiary/aromatic N) is 1. The zero-order chi connectivity index (χ0) is 22.9. The van der Waals surface area contributed by atoms with Gasteiger partial charge in [0.1, 0.15) is 0 Å². The first-order valence-electron chi connectivity index (χ1n) is 11.7. The lowest BCUT2D eigenvalue weighted by Crippen LogP contribution is -2.34. The number of benzene rings is 2. The van der Waals surface area contributed by atoms with Gasteiger partial charge in [-0.1, -0.05) is 75.4 Å². The molecule has 1 fully saturated rings. The van der Waals surface area contributed by atoms with E-state index in [1.165, 1.54) is 63.4 Å². The van der Waals surface area contributed by atoms with Gasteiger partial charge in [0.05, 0.1) is 11.9 Å². The molecular formula is C28H33NO2S. The van der Waals surface area contributed by atoms with E-state index in [4.69, 9.17) is 0 Å². The molecule has 1 N–H and O–H groups in total. The maximum Gasteiger partial charge on any atom is 0.310 e. The van der Waals surface area contributed by atoms with Gasteiger partial charge in [-0.15, -0.1) is 0 Å². The fourth-order valence-corrected chi connectivity index (χ4v) is 6.28. The van der Waals surface area contributed by atoms with Crippen molar-refractivity contribution in [3.05, 3.63) is 84.8 Å². The molecular weight excluding hydrogens is 414 g/mol. The third kappa shape index (κ3) is 3.35. The number of aryl methyl sites for hydroxylation is 1. The smallest absolute Gasteiger partial charge is 0.310 e. The monoisotopic (exact) mass is 447 g/mol. The number of hydrogen-bond donors (Lipinski definition) is 1. The van der Waals surface area contributed by atoms with Crippen LogP contribution in [0.15, 0.2) is 46.6 Å². The van der Waals surface area contributed by atoms with E-state index >= 15 is 0 Å². The van der Waals surface area contributed by atoms with E-state index in [2.05, 4.69) is 71.0 Å². The lowest BCUT2D eigenvalue weighted by molar-refractivity contribution is 0.331. The van der Waals surface area contributed by atoms with E-state index in [1.807, 2.05) is 0 Å². The molecule has 0 spiro atoms. The Balaban J connectivity index is 1.51. The quantitative estimate of drug-likeness (QED) is 0.503. The summed E-state index contributed by atoms with van der Waals surface area (Å²) in [5.74, 6) is 0.0398. The van der Waals surface area contributed by atoms with Crippen molar-refractivity contribution in [2.45, 2.75) is 83.1 Å². The van der Waals surface area contributed by atoms with Gasteiger partial charge in [0.25, 0.3) is 0 Å². The summed E-state index contributed by atoms with van der Waals surface area (Å²) in [6.45, 7) is 12.3. The van der Waals surface area contributed by atoms with Crippen molar-refractivity contribution in [3.63, 3.8) is 0 Å². The van der Waals surface area contributed by atoms with Gasteiger partial charge in [0.2, 0.25) is 5.88 Å². The molecule has 0 aliphatic heterocycles. The van der Waals surface area contributed by atoms with E-state index in [1.54, 1.807) is 0 Å². The van der Waals surface area contributed by atoms with Crippen LogP contribution in [0, 0.1) is 6.92 Å². The molecule has 0 atom stereocenters. The highest BCUT2D eigenvalue weighted by Gasteiger charge is 2.48. The van der Waals surface area contributed by atoms with Crippen molar-refractivity contribution in [3.8, 4) is 5.88 Å². The minimum atomic E-state index is -0.125. The number of hydrogen-bond acceptors (Lipinski definition) is 3. The third-order valence-corrected chi connectivity index (χ3v) is 8.82. The van der Waals surface area contributed by atoms with E-state index < -0.39 is 0 Å². The Morgan fingerprint density at radius 1 is 0.906 bits per heavy atom. The molecule has 0 bridgehead atoms. The van der Waals surface area contributed by atoms with Crippen LogP contribution < -0.4 is 4.87 Å². The molecule has 0 radical (unpaired) electrons. The lowest BCUT2D eigenvalue weighted by Gasteiger charge is -2.43. The van der Waals surface area contributed by atoms with E-state index in [0.29, 0.717) is 6.54 Å². The number of aromatic hydroxyl groups is 1. The fourth-order valence-electron chi connectivity index (χ4n) is 5.66. The van der Waals surface area contributed by atoms with Gasteiger partial charge >= 0.3 is 4.87 Å². The first-order chi connectivity index (χ1) is 15.0. The minimum Gasteiger partial charge on any atom is -0.494 e. The van der Waals surface area contributed by atoms with Crippen LogP contribution >= 0.6 is 11.3 Å². The van der Waals surface area contributed by atoms with Gasteiger partial charge in [-0.2, -0.15) is 0 Å². The van der Waals surface area contributed by atoms with E-state index in [9.17, 15) is 9.90 Å². The summed E-state index contributed by atoms with van der Waals surface area (Å²) < 4.78 is 1.42. The number of thiazole rings is 1. The Bertz CT molecular complexity index is 1240. The summed E-state index contributed by atoms with van der Waals surface area (Å²) in [7, 11) is 0. The van der Waals surface area contributed by atoms with Crippen molar-refractivity contribution in [2.24, 2.45) is 0 Å². The van der Waals surface area contributed by atoms with Crippen molar-refractivity contribution in [1.29, 1.82) is 0 Å². The average Bonchev–Trinajstić information content (AvgIpc) is 3.49. The van der Waals surface area contributed by atoms with Crippen LogP contribution in [0.25, 0.3) is 0 Å². The lowest BCUT2D eigenvalue weighted by atomic mass is 9.62. The van der Waals surface area contributed by atoms with Crippen LogP contribution in [0.5, 0.6) is 5.88 Å². The first-order valence-corrected chi connectivity index (χ1v) is 12.5. The summed E-state index contributed by atoms with van der Waals surface area (Å²) in [6, 6.07) is 13.7. The Labute approximate surface area is 194 Å². The molecule has 1 heterocycles. The van der Waals surface area contributed by atoms with Crippen LogP contribution in [0.3, 0.4) is 0 Å². The van der Waals surface area contributed by atoms with Crippen LogP contribution in [0.4, 0.5) is 0 Å². The summed E-state index contributed by atoms with van der Waals surface area (Å²) in [6.07, 6.45) is 4.83. The normalized spacial score (nSPS) is 20.0. The molecule has 1 saturated carbocycles. The highest BCUT2D eigenvalue weighted by molar-refractivity contribution is 7.07. The van der Waals surface area contributed by atoms with Crippen molar-refractivity contribution < 1.29 is 5.11 Å². The maximum atomic E-state index is 11.9. The molecule has 0 unspecified atom stereocenters. The molecule has 3 aromatic rings. The molecule has 2 aliphatic rings. The third-order valence-electron chi connectivity index (χ3n) is 8.07. The summed E-state index contributed by atoms with van der Waals surface area (Å²) in [4.78, 5) is 11.8. The van der Waals surface area contributed by atoms with Gasteiger partial charge in [-0.3, -0.25) is 9.36 Å². The van der Waals surface area contributed by atoms with Gasteiger partial charge in [-0.05, 0) is 76.8 Å². The standard InChI is InChI=1S/C28H33NO2S/c1-18-14-22-23(27(4,5)11-10-26(22,2)3)15-21(18)28(12-13-28)20-8-6-19(7-9-20)16-29-24(30)17-32-25(29)31/h6-9,14-15,17,30H,10-13,16H2,1-5H3. The molecule has 0 saturated heterocycles. The fraction of sp³-hybridized carbons (Fsp3) is 0.464. The summed E-state index contributed by atoms with van der Waals surface area (Å²) in [5.41, 5.74) is 8.90. The van der Waals surface area contributed by atoms with E-state index in [0.717, 1.165) is 16.9 Å². The number of rotatable bonds is 4. The second-order valence-electron chi connectivity index (χ2n) is 11.2. The molecule has 2 aromatic carbocycles. The largest absolute Gasteiger partial charge is 0.494 e. The maximum absolute atomic E-state index is 11.9. The molecule has 0 amide bonds. The van der Waals surface area contributed by atoms with E-state index in [-0.39, 0.29) is 27.0 Å². The van der Waals surface area contributed by atoms with Gasteiger partial charge in [0, 0.05) is 5.41 Å². The molecule has 1 aromatic heterocycles. The Kier molecular flexibility index (Phi) is 4.76. The zero-order valence-electron chi connectivity index (χ0n) is 19.8. The Morgan fingerprint density at radius 2 is 1.50 bits per heavy atom. The predicted molar refractivity (Wildman–Crippen MR) is 132 cm³/mol. The van der Waals surface area contributed by atoms with Crippen LogP contribution in [-0.4, -0.2) is 9.67 Å². The van der Waals surface area contributed by atoms with Crippen molar-refractivity contribution in [2.75, 3.05) is 0 Å². The number of aromatic nitrogens is 1. The highest BCUT2D eigenvalue weighted by Crippen LogP contribution is 2.56. The van der Waals surface area contributed by atoms with Crippen LogP contribution in [0.2, 0.25) is 0 Å². The predicted octanol–water partition coefficient (Wildman–Crippen LogP) is 6.40. The topological polar surface area (TPSA) is 42.2 Å². The molecule has 2 aliphatic carbocycles. The highest BCUT2D eigenvalue weighted by atomic mass is 32.1. The number of fused-ring (bicyclic) bond motifs is 1.